The highest BCUT2D eigenvalue weighted by molar-refractivity contribution is 8.07. The number of anilines is 1. The summed E-state index contributed by atoms with van der Waals surface area (Å²) in [4.78, 5) is 62.1. The molecule has 0 fully saturated rings. The molecular weight excluding hydrogens is 1020 g/mol. The van der Waals surface area contributed by atoms with Crippen LogP contribution in [0.5, 0.6) is 0 Å². The van der Waals surface area contributed by atoms with Gasteiger partial charge in [0, 0.05) is 55.8 Å². The second-order valence-electron chi connectivity index (χ2n) is 18.3. The molecule has 1 aromatic heterocycles. The second-order valence-corrected chi connectivity index (χ2v) is 21.0. The SMILES string of the molecule is CC(C)OP(O)(=S)OCCCCCCNC(=O)CCOCCOCCOCCOCCn1nnc2c1-c1ccccc1CN(C(=O)CCC(=O)NCCOCCOCCOCCOCCC(=O)C(C)C)c1ccccc1-2. The predicted octanol–water partition coefficient (Wildman–Crippen LogP) is 5.83. The molecule has 3 N–H and O–H groups in total. The molecule has 1 aliphatic rings. The van der Waals surface area contributed by atoms with Gasteiger partial charge in [-0.15, -0.1) is 5.10 Å². The number of carbonyl (C=O) groups excluding carboxylic acids is 4. The molecule has 0 bridgehead atoms. The highest BCUT2D eigenvalue weighted by Crippen LogP contribution is 2.45. The monoisotopic (exact) mass is 1110 g/mol. The maximum absolute atomic E-state index is 13.9. The molecule has 2 aromatic carbocycles. The van der Waals surface area contributed by atoms with E-state index in [1.54, 1.807) is 18.7 Å². The highest BCUT2D eigenvalue weighted by atomic mass is 32.5. The maximum atomic E-state index is 13.9. The number of Topliss-reactive ketones (excluding diaryl/α,β-unsaturated/α-hetero) is 1. The number of amides is 3. The van der Waals surface area contributed by atoms with Gasteiger partial charge in [0.2, 0.25) is 17.7 Å². The van der Waals surface area contributed by atoms with Gasteiger partial charge in [0.15, 0.2) is 0 Å². The van der Waals surface area contributed by atoms with Crippen LogP contribution in [0.25, 0.3) is 22.5 Å². The molecule has 3 aromatic rings. The number of carbonyl (C=O) groups is 4. The number of aromatic nitrogens is 3. The third-order valence-electron chi connectivity index (χ3n) is 11.5. The van der Waals surface area contributed by atoms with Gasteiger partial charge in [-0.3, -0.25) is 19.2 Å². The van der Waals surface area contributed by atoms with Gasteiger partial charge >= 0.3 is 6.72 Å². The number of rotatable bonds is 44. The van der Waals surface area contributed by atoms with Crippen molar-refractivity contribution in [3.8, 4) is 22.5 Å². The summed E-state index contributed by atoms with van der Waals surface area (Å²) < 4.78 is 57.1. The minimum absolute atomic E-state index is 0.0117. The van der Waals surface area contributed by atoms with E-state index < -0.39 is 6.72 Å². The first kappa shape index (κ1) is 64.4. The smallest absolute Gasteiger partial charge is 0.324 e. The maximum Gasteiger partial charge on any atom is 0.324 e. The predicted molar refractivity (Wildman–Crippen MR) is 290 cm³/mol. The minimum Gasteiger partial charge on any atom is -0.379 e. The Labute approximate surface area is 453 Å². The Bertz CT molecular complexity index is 2190. The molecule has 426 valence electrons. The van der Waals surface area contributed by atoms with E-state index in [2.05, 4.69) is 20.9 Å². The number of nitrogens with one attached hydrogen (secondary N) is 2. The molecule has 1 atom stereocenters. The molecule has 2 heterocycles. The molecule has 1 aliphatic heterocycles. The molecule has 3 amide bonds. The molecule has 0 aliphatic carbocycles. The van der Waals surface area contributed by atoms with Gasteiger partial charge < -0.3 is 67.4 Å². The first-order valence-electron chi connectivity index (χ1n) is 26.6. The van der Waals surface area contributed by atoms with Crippen molar-refractivity contribution in [2.75, 3.05) is 130 Å². The largest absolute Gasteiger partial charge is 0.379 e. The van der Waals surface area contributed by atoms with E-state index in [0.717, 1.165) is 48.1 Å². The van der Waals surface area contributed by atoms with Crippen LogP contribution >= 0.6 is 6.72 Å². The van der Waals surface area contributed by atoms with E-state index in [9.17, 15) is 24.1 Å². The van der Waals surface area contributed by atoms with Crippen LogP contribution < -0.4 is 15.5 Å². The zero-order chi connectivity index (χ0) is 54.6. The van der Waals surface area contributed by atoms with Crippen LogP contribution in [-0.4, -0.2) is 175 Å². The van der Waals surface area contributed by atoms with E-state index >= 15 is 0 Å². The molecular formula is C53H83N6O15PS. The van der Waals surface area contributed by atoms with Crippen molar-refractivity contribution >= 4 is 47.7 Å². The second kappa shape index (κ2) is 38.4. The van der Waals surface area contributed by atoms with Gasteiger partial charge in [0.25, 0.3) is 0 Å². The van der Waals surface area contributed by atoms with Crippen LogP contribution in [0.2, 0.25) is 0 Å². The fourth-order valence-corrected chi connectivity index (χ4v) is 9.27. The van der Waals surface area contributed by atoms with Crippen molar-refractivity contribution in [2.24, 2.45) is 5.92 Å². The molecule has 0 saturated heterocycles. The molecule has 0 radical (unpaired) electrons. The van der Waals surface area contributed by atoms with E-state index in [-0.39, 0.29) is 54.8 Å². The van der Waals surface area contributed by atoms with Crippen LogP contribution in [0.3, 0.4) is 0 Å². The van der Waals surface area contributed by atoms with Crippen molar-refractivity contribution in [1.82, 2.24) is 25.6 Å². The molecule has 0 spiro atoms. The summed E-state index contributed by atoms with van der Waals surface area (Å²) in [5.74, 6) is -0.279. The summed E-state index contributed by atoms with van der Waals surface area (Å²) in [5.41, 5.74) is 4.74. The first-order chi connectivity index (χ1) is 36.9. The van der Waals surface area contributed by atoms with Gasteiger partial charge in [-0.05, 0) is 50.1 Å². The van der Waals surface area contributed by atoms with Gasteiger partial charge in [0.1, 0.15) is 11.5 Å². The minimum atomic E-state index is -3.16. The number of hydrogen-bond acceptors (Lipinski definition) is 17. The summed E-state index contributed by atoms with van der Waals surface area (Å²) in [7, 11) is 0. The summed E-state index contributed by atoms with van der Waals surface area (Å²) in [6, 6.07) is 15.5. The van der Waals surface area contributed by atoms with Crippen LogP contribution in [0.15, 0.2) is 48.5 Å². The Morgan fingerprint density at radius 2 is 1.13 bits per heavy atom. The summed E-state index contributed by atoms with van der Waals surface area (Å²) in [5, 5.41) is 14.9. The van der Waals surface area contributed by atoms with Gasteiger partial charge in [-0.2, -0.15) is 0 Å². The van der Waals surface area contributed by atoms with Crippen molar-refractivity contribution in [3.05, 3.63) is 54.1 Å². The zero-order valence-corrected chi connectivity index (χ0v) is 46.8. The van der Waals surface area contributed by atoms with Crippen LogP contribution in [0.4, 0.5) is 5.69 Å². The van der Waals surface area contributed by atoms with Gasteiger partial charge in [-0.1, -0.05) is 74.4 Å². The third kappa shape index (κ3) is 26.5. The normalized spacial score (nSPS) is 13.0. The summed E-state index contributed by atoms with van der Waals surface area (Å²) >= 11 is 4.96. The number of fused-ring (bicyclic) bond motifs is 5. The Kier molecular flexibility index (Phi) is 32.6. The lowest BCUT2D eigenvalue weighted by molar-refractivity contribution is -0.125. The standard InChI is InChI=1S/C53H83N6O15PS/c1-42(2)48(60)19-25-65-29-33-69-37-39-71-35-31-67-27-22-55-49(61)17-18-51(63)58-41-44-13-7-8-14-45(44)53-52(46-15-9-10-16-47(46)58)56-57-59(53)23-28-68-32-36-72-40-38-70-34-30-66-26-20-50(62)54-21-11-5-6-12-24-73-75(64,76)74-43(3)4/h7-10,13-16,42-43H,5-6,11-12,17-41H2,1-4H3,(H,54,62)(H,55,61)(H,64,76). The number of unbranched alkanes of at least 4 members (excludes halogenated alkanes) is 3. The molecule has 4 rings (SSSR count). The summed E-state index contributed by atoms with van der Waals surface area (Å²) in [6.45, 7) is 12.3. The summed E-state index contributed by atoms with van der Waals surface area (Å²) in [6.07, 6.45) is 3.98. The fourth-order valence-electron chi connectivity index (χ4n) is 7.57. The van der Waals surface area contributed by atoms with Crippen LogP contribution in [-0.2, 0) is 91.0 Å². The third-order valence-corrected chi connectivity index (χ3v) is 13.3. The number of para-hydroxylation sites is 1. The van der Waals surface area contributed by atoms with E-state index in [0.29, 0.717) is 156 Å². The van der Waals surface area contributed by atoms with E-state index in [1.807, 2.05) is 67.1 Å². The van der Waals surface area contributed by atoms with Gasteiger partial charge in [0.05, 0.1) is 143 Å². The van der Waals surface area contributed by atoms with Crippen molar-refractivity contribution < 1.29 is 71.0 Å². The molecule has 23 heteroatoms. The Hall–Kier alpha value is -4.13. The van der Waals surface area contributed by atoms with E-state index in [4.69, 9.17) is 58.7 Å². The Morgan fingerprint density at radius 1 is 0.605 bits per heavy atom. The molecule has 0 saturated carbocycles. The fraction of sp³-hybridized carbons (Fsp3) is 0.660. The average Bonchev–Trinajstić information content (AvgIpc) is 3.81. The Morgan fingerprint density at radius 3 is 1.76 bits per heavy atom. The molecule has 76 heavy (non-hydrogen) atoms. The number of hydrogen-bond donors (Lipinski definition) is 3. The van der Waals surface area contributed by atoms with Crippen molar-refractivity contribution in [3.63, 3.8) is 0 Å². The van der Waals surface area contributed by atoms with Crippen molar-refractivity contribution in [1.29, 1.82) is 0 Å². The highest BCUT2D eigenvalue weighted by Gasteiger charge is 2.29. The van der Waals surface area contributed by atoms with Crippen LogP contribution in [0.1, 0.15) is 84.6 Å². The quantitative estimate of drug-likeness (QED) is 0.0446. The Balaban J connectivity index is 1.04. The lowest BCUT2D eigenvalue weighted by Crippen LogP contribution is -2.34. The van der Waals surface area contributed by atoms with Crippen LogP contribution in [0, 0.1) is 5.92 Å². The molecule has 21 nitrogen and oxygen atoms in total. The number of ketones is 1. The van der Waals surface area contributed by atoms with Gasteiger partial charge in [-0.25, -0.2) is 4.68 Å². The van der Waals surface area contributed by atoms with E-state index in [1.165, 1.54) is 0 Å². The average molecular weight is 1110 g/mol. The molecule has 1 unspecified atom stereocenters. The number of nitrogens with zero attached hydrogens (tertiary/aromatic N) is 4. The number of benzene rings is 2. The van der Waals surface area contributed by atoms with Crippen molar-refractivity contribution in [2.45, 2.75) is 98.3 Å². The number of ether oxygens (including phenoxy) is 8. The topological polar surface area (TPSA) is 239 Å². The lowest BCUT2D eigenvalue weighted by Gasteiger charge is -2.28. The first-order valence-corrected chi connectivity index (χ1v) is 29.2. The zero-order valence-electron chi connectivity index (χ0n) is 45.1. The lowest BCUT2D eigenvalue weighted by atomic mass is 9.95.